The first-order valence-corrected chi connectivity index (χ1v) is 18.9. The van der Waals surface area contributed by atoms with Crippen LogP contribution >= 0.6 is 0 Å². The summed E-state index contributed by atoms with van der Waals surface area (Å²) in [7, 11) is 0. The summed E-state index contributed by atoms with van der Waals surface area (Å²) in [6.07, 6.45) is 15.5. The van der Waals surface area contributed by atoms with Crippen LogP contribution in [0.4, 0.5) is 4.79 Å². The molecule has 266 valence electrons. The summed E-state index contributed by atoms with van der Waals surface area (Å²) in [5, 5.41) is 11.5. The van der Waals surface area contributed by atoms with Crippen LogP contribution in [0.25, 0.3) is 17.0 Å². The van der Waals surface area contributed by atoms with Gasteiger partial charge in [0, 0.05) is 68.8 Å². The van der Waals surface area contributed by atoms with E-state index in [2.05, 4.69) is 55.8 Å². The van der Waals surface area contributed by atoms with Gasteiger partial charge in [-0.15, -0.1) is 0 Å². The average molecular weight is 688 g/mol. The molecule has 2 aromatic carbocycles. The van der Waals surface area contributed by atoms with Gasteiger partial charge in [0.15, 0.2) is 5.78 Å². The van der Waals surface area contributed by atoms with Gasteiger partial charge in [0.1, 0.15) is 6.04 Å². The molecule has 0 radical (unpaired) electrons. The number of carbonyl (C=O) groups is 3. The zero-order valence-corrected chi connectivity index (χ0v) is 29.7. The summed E-state index contributed by atoms with van der Waals surface area (Å²) in [6, 6.07) is 11.9. The number of piperidine rings is 3. The molecule has 10 nitrogen and oxygen atoms in total. The quantitative estimate of drug-likeness (QED) is 0.342. The van der Waals surface area contributed by atoms with Crippen LogP contribution in [0, 0.1) is 18.8 Å². The van der Waals surface area contributed by atoms with Crippen LogP contribution in [0.1, 0.15) is 67.2 Å². The third-order valence-corrected chi connectivity index (χ3v) is 12.1. The molecule has 0 spiro atoms. The largest absolute Gasteiger partial charge is 0.341 e. The molecule has 1 aromatic heterocycles. The van der Waals surface area contributed by atoms with Crippen LogP contribution in [0.3, 0.4) is 0 Å². The molecule has 2 N–H and O–H groups in total. The predicted molar refractivity (Wildman–Crippen MR) is 199 cm³/mol. The molecular formula is C41H49N7O3. The van der Waals surface area contributed by atoms with Gasteiger partial charge >= 0.3 is 6.03 Å². The van der Waals surface area contributed by atoms with E-state index in [4.69, 9.17) is 0 Å². The lowest BCUT2D eigenvalue weighted by atomic mass is 9.80. The molecule has 3 fully saturated rings. The van der Waals surface area contributed by atoms with Crippen molar-refractivity contribution in [1.82, 2.24) is 30.2 Å². The number of nitrogens with zero attached hydrogens (tertiary/aromatic N) is 5. The summed E-state index contributed by atoms with van der Waals surface area (Å²) < 4.78 is 0. The van der Waals surface area contributed by atoms with Crippen molar-refractivity contribution in [3.63, 3.8) is 0 Å². The van der Waals surface area contributed by atoms with Crippen molar-refractivity contribution < 1.29 is 14.4 Å². The minimum absolute atomic E-state index is 0.0105. The van der Waals surface area contributed by atoms with Gasteiger partial charge in [0.25, 0.3) is 0 Å². The minimum atomic E-state index is -0.675. The summed E-state index contributed by atoms with van der Waals surface area (Å²) >= 11 is 0. The van der Waals surface area contributed by atoms with Gasteiger partial charge in [-0.3, -0.25) is 19.7 Å². The van der Waals surface area contributed by atoms with Crippen molar-refractivity contribution in [3.05, 3.63) is 82.7 Å². The Balaban J connectivity index is 0.910. The number of likely N-dealkylation sites (tertiary alicyclic amines) is 3. The highest BCUT2D eigenvalue weighted by Gasteiger charge is 2.35. The highest BCUT2D eigenvalue weighted by Crippen LogP contribution is 2.32. The van der Waals surface area contributed by atoms with E-state index in [1.807, 2.05) is 47.3 Å². The fraction of sp³-hybridized carbons (Fsp3) is 0.488. The first-order chi connectivity index (χ1) is 24.9. The van der Waals surface area contributed by atoms with Gasteiger partial charge in [-0.1, -0.05) is 36.4 Å². The number of rotatable bonds is 7. The highest BCUT2D eigenvalue weighted by atomic mass is 16.2. The monoisotopic (exact) mass is 687 g/mol. The van der Waals surface area contributed by atoms with Crippen molar-refractivity contribution in [2.24, 2.45) is 16.8 Å². The molecule has 0 saturated carbocycles. The zero-order valence-electron chi connectivity index (χ0n) is 29.7. The second-order valence-corrected chi connectivity index (χ2v) is 15.2. The SMILES string of the molecule is Cc1cc(C[C@@H](NC(=O)N2CCC(C3=Cc4ccccc4CC3=O)CC2)C(=O)N2CCC(N3CCC(C4=NC=CC4)CC3)CC2)cc2cn[nH]c12. The van der Waals surface area contributed by atoms with E-state index < -0.39 is 6.04 Å². The molecule has 0 unspecified atom stereocenters. The van der Waals surface area contributed by atoms with Crippen molar-refractivity contribution in [2.45, 2.75) is 76.8 Å². The number of carbonyl (C=O) groups excluding carboxylic acids is 3. The molecule has 4 aliphatic heterocycles. The van der Waals surface area contributed by atoms with E-state index in [9.17, 15) is 14.4 Å². The fourth-order valence-electron chi connectivity index (χ4n) is 9.12. The number of benzene rings is 2. The topological polar surface area (TPSA) is 114 Å². The third kappa shape index (κ3) is 7.16. The number of allylic oxidation sites excluding steroid dienone is 2. The number of aliphatic imine (C=N–C) groups is 1. The number of hydrogen-bond acceptors (Lipinski definition) is 6. The molecule has 1 aliphatic carbocycles. The number of fused-ring (bicyclic) bond motifs is 2. The van der Waals surface area contributed by atoms with Crippen LogP contribution in [-0.4, -0.2) is 99.7 Å². The van der Waals surface area contributed by atoms with Crippen LogP contribution < -0.4 is 5.32 Å². The first kappa shape index (κ1) is 33.6. The Labute approximate surface area is 300 Å². The number of hydrogen-bond donors (Lipinski definition) is 2. The Morgan fingerprint density at radius 1 is 0.941 bits per heavy atom. The summed E-state index contributed by atoms with van der Waals surface area (Å²) in [5.41, 5.74) is 7.49. The molecule has 10 heteroatoms. The van der Waals surface area contributed by atoms with Gasteiger partial charge in [-0.2, -0.15) is 5.10 Å². The Morgan fingerprint density at radius 2 is 1.69 bits per heavy atom. The van der Waals surface area contributed by atoms with E-state index >= 15 is 0 Å². The third-order valence-electron chi connectivity index (χ3n) is 12.1. The Hall–Kier alpha value is -4.57. The smallest absolute Gasteiger partial charge is 0.318 e. The van der Waals surface area contributed by atoms with Gasteiger partial charge in [0.2, 0.25) is 5.91 Å². The summed E-state index contributed by atoms with van der Waals surface area (Å²) in [5.74, 6) is 0.917. The standard InChI is InChI=1S/C41H49N7O3/c1-27-21-28(22-33-26-43-45-39(27)33)23-37(40(50)47-19-12-34(13-20-47)46-15-10-30(11-16-46)36-7-4-14-42-36)44-41(51)48-17-8-29(9-18-48)35-24-31-5-2-3-6-32(31)25-38(35)49/h2-6,14,21-22,24,26,29-30,34,37H,7-13,15-20,23,25H2,1H3,(H,43,45)(H,44,51)/t37-/m1/s1. The van der Waals surface area contributed by atoms with Crippen LogP contribution in [0.5, 0.6) is 0 Å². The molecule has 5 heterocycles. The van der Waals surface area contributed by atoms with Crippen LogP contribution in [0.15, 0.2) is 65.4 Å². The lowest BCUT2D eigenvalue weighted by Gasteiger charge is -2.42. The fourth-order valence-corrected chi connectivity index (χ4v) is 9.12. The van der Waals surface area contributed by atoms with E-state index in [0.29, 0.717) is 51.0 Å². The van der Waals surface area contributed by atoms with E-state index in [0.717, 1.165) is 96.8 Å². The second-order valence-electron chi connectivity index (χ2n) is 15.2. The molecule has 8 rings (SSSR count). The molecule has 0 bridgehead atoms. The van der Waals surface area contributed by atoms with E-state index in [1.54, 1.807) is 0 Å². The van der Waals surface area contributed by atoms with Gasteiger partial charge in [-0.25, -0.2) is 4.79 Å². The van der Waals surface area contributed by atoms with E-state index in [1.165, 1.54) is 5.71 Å². The van der Waals surface area contributed by atoms with Crippen molar-refractivity contribution in [3.8, 4) is 0 Å². The maximum Gasteiger partial charge on any atom is 0.318 e. The van der Waals surface area contributed by atoms with Gasteiger partial charge in [-0.05, 0) is 110 Å². The molecular weight excluding hydrogens is 638 g/mol. The summed E-state index contributed by atoms with van der Waals surface area (Å²) in [6.45, 7) is 6.72. The number of aromatic amines is 1. The summed E-state index contributed by atoms with van der Waals surface area (Å²) in [4.78, 5) is 52.2. The Bertz CT molecular complexity index is 1890. The first-order valence-electron chi connectivity index (χ1n) is 18.9. The zero-order chi connectivity index (χ0) is 34.9. The Kier molecular flexibility index (Phi) is 9.60. The lowest BCUT2D eigenvalue weighted by Crippen LogP contribution is -2.56. The molecule has 3 amide bonds. The number of aromatic nitrogens is 2. The normalized spacial score (nSPS) is 21.5. The number of amides is 3. The van der Waals surface area contributed by atoms with Crippen molar-refractivity contribution >= 4 is 40.4 Å². The maximum absolute atomic E-state index is 14.3. The maximum atomic E-state index is 14.3. The molecule has 3 saturated heterocycles. The van der Waals surface area contributed by atoms with Gasteiger partial charge in [0.05, 0.1) is 11.7 Å². The molecule has 51 heavy (non-hydrogen) atoms. The van der Waals surface area contributed by atoms with Crippen LogP contribution in [-0.2, 0) is 22.4 Å². The number of Topliss-reactive ketones (excluding diaryl/α,β-unsaturated/α-hetero) is 1. The number of urea groups is 1. The average Bonchev–Trinajstić information content (AvgIpc) is 3.88. The predicted octanol–water partition coefficient (Wildman–Crippen LogP) is 5.47. The lowest BCUT2D eigenvalue weighted by molar-refractivity contribution is -0.135. The number of aryl methyl sites for hydroxylation is 1. The van der Waals surface area contributed by atoms with Gasteiger partial charge < -0.3 is 20.0 Å². The van der Waals surface area contributed by atoms with Crippen molar-refractivity contribution in [2.75, 3.05) is 39.3 Å². The van der Waals surface area contributed by atoms with E-state index in [-0.39, 0.29) is 23.6 Å². The number of ketones is 1. The second kappa shape index (κ2) is 14.6. The van der Waals surface area contributed by atoms with Crippen molar-refractivity contribution in [1.29, 1.82) is 0 Å². The molecule has 3 aromatic rings. The molecule has 1 atom stereocenters. The van der Waals surface area contributed by atoms with Crippen LogP contribution in [0.2, 0.25) is 0 Å². The minimum Gasteiger partial charge on any atom is -0.341 e. The molecule has 5 aliphatic rings. The number of nitrogens with one attached hydrogen (secondary N) is 2. The Morgan fingerprint density at radius 3 is 2.45 bits per heavy atom. The number of H-pyrrole nitrogens is 1. The highest BCUT2D eigenvalue weighted by molar-refractivity contribution is 6.04.